The third-order valence-electron chi connectivity index (χ3n) is 3.31. The molecule has 0 spiro atoms. The summed E-state index contributed by atoms with van der Waals surface area (Å²) in [5.74, 6) is 0.680. The standard InChI is InChI=1S/C16H12ClN5OS2/c1-22-14(10-2-4-12(17)5-3-10)20-21-16(22)25-9-13(23)19-15-11(8-18)6-7-24-15/h2-7H,9H2,1H3,(H,19,23). The van der Waals surface area contributed by atoms with E-state index in [1.165, 1.54) is 23.1 Å². The minimum absolute atomic E-state index is 0.176. The van der Waals surface area contributed by atoms with Crippen LogP contribution in [-0.2, 0) is 11.8 Å². The van der Waals surface area contributed by atoms with E-state index in [9.17, 15) is 4.79 Å². The molecule has 25 heavy (non-hydrogen) atoms. The molecule has 0 bridgehead atoms. The molecule has 0 saturated heterocycles. The third-order valence-corrected chi connectivity index (χ3v) is 5.41. The summed E-state index contributed by atoms with van der Waals surface area (Å²) in [6.45, 7) is 0. The van der Waals surface area contributed by atoms with Gasteiger partial charge in [-0.15, -0.1) is 21.5 Å². The first-order chi connectivity index (χ1) is 12.1. The number of hydrogen-bond acceptors (Lipinski definition) is 6. The molecule has 1 amide bonds. The van der Waals surface area contributed by atoms with Gasteiger partial charge in [-0.3, -0.25) is 4.79 Å². The summed E-state index contributed by atoms with van der Waals surface area (Å²) >= 11 is 8.50. The minimum Gasteiger partial charge on any atom is -0.316 e. The Hall–Kier alpha value is -2.34. The average Bonchev–Trinajstić information content (AvgIpc) is 3.20. The first kappa shape index (κ1) is 17.5. The molecule has 2 aromatic heterocycles. The van der Waals surface area contributed by atoms with E-state index in [-0.39, 0.29) is 11.7 Å². The zero-order valence-electron chi connectivity index (χ0n) is 13.1. The Bertz CT molecular complexity index is 942. The zero-order valence-corrected chi connectivity index (χ0v) is 15.5. The Labute approximate surface area is 157 Å². The van der Waals surface area contributed by atoms with E-state index in [1.807, 2.05) is 29.8 Å². The van der Waals surface area contributed by atoms with E-state index in [4.69, 9.17) is 16.9 Å². The molecule has 126 valence electrons. The summed E-state index contributed by atoms with van der Waals surface area (Å²) in [6.07, 6.45) is 0. The quantitative estimate of drug-likeness (QED) is 0.671. The SMILES string of the molecule is Cn1c(SCC(=O)Nc2sccc2C#N)nnc1-c1ccc(Cl)cc1. The van der Waals surface area contributed by atoms with Crippen molar-refractivity contribution in [3.8, 4) is 17.5 Å². The maximum Gasteiger partial charge on any atom is 0.235 e. The topological polar surface area (TPSA) is 83.6 Å². The van der Waals surface area contributed by atoms with E-state index >= 15 is 0 Å². The number of carbonyl (C=O) groups is 1. The second-order valence-corrected chi connectivity index (χ2v) is 7.28. The van der Waals surface area contributed by atoms with Gasteiger partial charge in [0.1, 0.15) is 11.1 Å². The highest BCUT2D eigenvalue weighted by Crippen LogP contribution is 2.25. The van der Waals surface area contributed by atoms with Crippen molar-refractivity contribution < 1.29 is 4.79 Å². The maximum atomic E-state index is 12.1. The molecule has 0 fully saturated rings. The minimum atomic E-state index is -0.194. The molecule has 9 heteroatoms. The molecule has 0 atom stereocenters. The number of thiophene rings is 1. The van der Waals surface area contributed by atoms with Crippen molar-refractivity contribution in [2.24, 2.45) is 7.05 Å². The Morgan fingerprint density at radius 2 is 2.12 bits per heavy atom. The Morgan fingerprint density at radius 3 is 2.84 bits per heavy atom. The Balaban J connectivity index is 1.65. The molecule has 2 heterocycles. The highest BCUT2D eigenvalue weighted by atomic mass is 35.5. The number of nitrogens with one attached hydrogen (secondary N) is 1. The number of rotatable bonds is 5. The average molecular weight is 390 g/mol. The predicted molar refractivity (Wildman–Crippen MR) is 99.8 cm³/mol. The van der Waals surface area contributed by atoms with Gasteiger partial charge in [0.2, 0.25) is 5.91 Å². The molecular weight excluding hydrogens is 378 g/mol. The van der Waals surface area contributed by atoms with Gasteiger partial charge in [-0.25, -0.2) is 0 Å². The molecule has 0 aliphatic carbocycles. The van der Waals surface area contributed by atoms with Gasteiger partial charge < -0.3 is 9.88 Å². The summed E-state index contributed by atoms with van der Waals surface area (Å²) < 4.78 is 1.83. The van der Waals surface area contributed by atoms with Crippen LogP contribution in [0.3, 0.4) is 0 Å². The van der Waals surface area contributed by atoms with Gasteiger partial charge in [-0.2, -0.15) is 5.26 Å². The van der Waals surface area contributed by atoms with Crippen LogP contribution in [-0.4, -0.2) is 26.4 Å². The van der Waals surface area contributed by atoms with Gasteiger partial charge in [0.25, 0.3) is 0 Å². The lowest BCUT2D eigenvalue weighted by Gasteiger charge is -2.05. The van der Waals surface area contributed by atoms with E-state index in [0.29, 0.717) is 26.6 Å². The first-order valence-corrected chi connectivity index (χ1v) is 9.38. The second-order valence-electron chi connectivity index (χ2n) is 4.98. The van der Waals surface area contributed by atoms with Crippen molar-refractivity contribution in [1.82, 2.24) is 14.8 Å². The van der Waals surface area contributed by atoms with Gasteiger partial charge in [0, 0.05) is 17.6 Å². The van der Waals surface area contributed by atoms with Crippen LogP contribution in [0.15, 0.2) is 40.9 Å². The molecular formula is C16H12ClN5OS2. The van der Waals surface area contributed by atoms with E-state index < -0.39 is 0 Å². The third kappa shape index (κ3) is 4.02. The number of carbonyl (C=O) groups excluding carboxylic acids is 1. The lowest BCUT2D eigenvalue weighted by Crippen LogP contribution is -2.14. The summed E-state index contributed by atoms with van der Waals surface area (Å²) in [5.41, 5.74) is 1.36. The van der Waals surface area contributed by atoms with E-state index in [1.54, 1.807) is 23.6 Å². The van der Waals surface area contributed by atoms with E-state index in [0.717, 1.165) is 5.56 Å². The molecule has 3 rings (SSSR count). The number of halogens is 1. The summed E-state index contributed by atoms with van der Waals surface area (Å²) in [6, 6.07) is 11.0. The van der Waals surface area contributed by atoms with Crippen molar-refractivity contribution in [1.29, 1.82) is 5.26 Å². The molecule has 0 saturated carbocycles. The highest BCUT2D eigenvalue weighted by molar-refractivity contribution is 7.99. The van der Waals surface area contributed by atoms with Crippen molar-refractivity contribution >= 4 is 45.6 Å². The van der Waals surface area contributed by atoms with Gasteiger partial charge >= 0.3 is 0 Å². The van der Waals surface area contributed by atoms with Crippen LogP contribution in [0, 0.1) is 11.3 Å². The van der Waals surface area contributed by atoms with Crippen molar-refractivity contribution in [2.75, 3.05) is 11.1 Å². The van der Waals surface area contributed by atoms with E-state index in [2.05, 4.69) is 15.5 Å². The second kappa shape index (κ2) is 7.70. The van der Waals surface area contributed by atoms with Crippen LogP contribution in [0.1, 0.15) is 5.56 Å². The lowest BCUT2D eigenvalue weighted by molar-refractivity contribution is -0.113. The molecule has 0 unspecified atom stereocenters. The van der Waals surface area contributed by atoms with Crippen LogP contribution < -0.4 is 5.32 Å². The number of nitriles is 1. The normalized spacial score (nSPS) is 10.4. The number of thioether (sulfide) groups is 1. The Kier molecular flexibility index (Phi) is 5.38. The van der Waals surface area contributed by atoms with Gasteiger partial charge in [0.05, 0.1) is 11.3 Å². The molecule has 0 aliphatic rings. The number of benzene rings is 1. The number of amides is 1. The smallest absolute Gasteiger partial charge is 0.235 e. The van der Waals surface area contributed by atoms with Crippen LogP contribution in [0.5, 0.6) is 0 Å². The van der Waals surface area contributed by atoms with Crippen LogP contribution in [0.25, 0.3) is 11.4 Å². The monoisotopic (exact) mass is 389 g/mol. The van der Waals surface area contributed by atoms with Gasteiger partial charge in [0.15, 0.2) is 11.0 Å². The first-order valence-electron chi connectivity index (χ1n) is 7.14. The van der Waals surface area contributed by atoms with Crippen LogP contribution in [0.4, 0.5) is 5.00 Å². The highest BCUT2D eigenvalue weighted by Gasteiger charge is 2.14. The summed E-state index contributed by atoms with van der Waals surface area (Å²) in [5, 5.41) is 23.6. The van der Waals surface area contributed by atoms with Crippen molar-refractivity contribution in [3.63, 3.8) is 0 Å². The van der Waals surface area contributed by atoms with Crippen LogP contribution in [0.2, 0.25) is 5.02 Å². The largest absolute Gasteiger partial charge is 0.316 e. The van der Waals surface area contributed by atoms with Crippen molar-refractivity contribution in [3.05, 3.63) is 46.3 Å². The number of aromatic nitrogens is 3. The molecule has 1 aromatic carbocycles. The van der Waals surface area contributed by atoms with Gasteiger partial charge in [-0.1, -0.05) is 23.4 Å². The molecule has 0 aliphatic heterocycles. The number of anilines is 1. The molecule has 6 nitrogen and oxygen atoms in total. The molecule has 1 N–H and O–H groups in total. The Morgan fingerprint density at radius 1 is 1.36 bits per heavy atom. The zero-order chi connectivity index (χ0) is 17.8. The molecule has 3 aromatic rings. The fourth-order valence-electron chi connectivity index (χ4n) is 2.08. The lowest BCUT2D eigenvalue weighted by atomic mass is 10.2. The van der Waals surface area contributed by atoms with Crippen LogP contribution >= 0.6 is 34.7 Å². The number of hydrogen-bond donors (Lipinski definition) is 1. The van der Waals surface area contributed by atoms with Crippen molar-refractivity contribution in [2.45, 2.75) is 5.16 Å². The fourth-order valence-corrected chi connectivity index (χ4v) is 3.67. The predicted octanol–water partition coefficient (Wildman–Crippen LogP) is 3.80. The number of nitrogens with zero attached hydrogens (tertiary/aromatic N) is 4. The maximum absolute atomic E-state index is 12.1. The fraction of sp³-hybridized carbons (Fsp3) is 0.125. The van der Waals surface area contributed by atoms with Gasteiger partial charge in [-0.05, 0) is 35.7 Å². The summed E-state index contributed by atoms with van der Waals surface area (Å²) in [7, 11) is 1.84. The summed E-state index contributed by atoms with van der Waals surface area (Å²) in [4.78, 5) is 12.1. The molecule has 0 radical (unpaired) electrons.